The number of carbonyl (C=O) groups is 1. The van der Waals surface area contributed by atoms with E-state index in [1.165, 1.54) is 32.1 Å². The van der Waals surface area contributed by atoms with Crippen molar-refractivity contribution in [2.75, 3.05) is 13.7 Å². The smallest absolute Gasteiger partial charge is 0.386 e. The van der Waals surface area contributed by atoms with Gasteiger partial charge >= 0.3 is 6.18 Å². The zero-order valence-electron chi connectivity index (χ0n) is 20.8. The number of amides is 1. The Hall–Kier alpha value is -2.65. The Kier molecular flexibility index (Phi) is 8.37. The third-order valence-corrected chi connectivity index (χ3v) is 5.23. The molecule has 1 aromatic carbocycles. The van der Waals surface area contributed by atoms with Crippen molar-refractivity contribution in [2.24, 2.45) is 12.0 Å². The number of methoxy groups -OCH3 is 1. The number of ether oxygens (including phenoxy) is 1. The summed E-state index contributed by atoms with van der Waals surface area (Å²) in [5, 5.41) is 9.98. The summed E-state index contributed by atoms with van der Waals surface area (Å²) in [5.41, 5.74) is -1.08. The van der Waals surface area contributed by atoms with Gasteiger partial charge < -0.3 is 9.84 Å². The molecule has 6 nitrogen and oxygen atoms in total. The average Bonchev–Trinajstić information content (AvgIpc) is 3.01. The Bertz CT molecular complexity index is 1110. The molecule has 1 heterocycles. The first-order valence-electron chi connectivity index (χ1n) is 11.0. The van der Waals surface area contributed by atoms with Crippen LogP contribution in [0.2, 0.25) is 0 Å². The predicted octanol–water partition coefficient (Wildman–Crippen LogP) is 4.70. The van der Waals surface area contributed by atoms with Gasteiger partial charge in [-0.3, -0.25) is 14.2 Å². The van der Waals surface area contributed by atoms with Crippen LogP contribution in [0.25, 0.3) is 6.08 Å². The number of rotatable bonds is 7. The van der Waals surface area contributed by atoms with Crippen LogP contribution in [0.3, 0.4) is 0 Å². The van der Waals surface area contributed by atoms with Crippen LogP contribution >= 0.6 is 0 Å². The summed E-state index contributed by atoms with van der Waals surface area (Å²) in [6.07, 6.45) is -1.10. The second-order valence-electron chi connectivity index (χ2n) is 9.83. The fourth-order valence-corrected chi connectivity index (χ4v) is 3.51. The molecule has 188 valence electrons. The van der Waals surface area contributed by atoms with Gasteiger partial charge in [0.15, 0.2) is 5.49 Å². The number of hydrogen-bond donors (Lipinski definition) is 1. The van der Waals surface area contributed by atoms with E-state index in [4.69, 9.17) is 4.74 Å². The zero-order chi connectivity index (χ0) is 25.9. The molecule has 34 heavy (non-hydrogen) atoms. The van der Waals surface area contributed by atoms with Crippen LogP contribution in [0.5, 0.6) is 0 Å². The molecule has 0 aliphatic heterocycles. The van der Waals surface area contributed by atoms with Crippen molar-refractivity contribution in [3.05, 3.63) is 58.2 Å². The van der Waals surface area contributed by atoms with Gasteiger partial charge in [-0.1, -0.05) is 39.0 Å². The van der Waals surface area contributed by atoms with Crippen molar-refractivity contribution in [3.8, 4) is 0 Å². The van der Waals surface area contributed by atoms with Crippen LogP contribution in [0, 0.1) is 0 Å². The monoisotopic (exact) mass is 481 g/mol. The van der Waals surface area contributed by atoms with Crippen LogP contribution < -0.4 is 5.49 Å². The maximum Gasteiger partial charge on any atom is 0.416 e. The summed E-state index contributed by atoms with van der Waals surface area (Å²) < 4.78 is 49.0. The molecule has 0 aliphatic rings. The lowest BCUT2D eigenvalue weighted by Gasteiger charge is -2.20. The normalized spacial score (nSPS) is 13.8. The minimum Gasteiger partial charge on any atom is -0.386 e. The summed E-state index contributed by atoms with van der Waals surface area (Å²) in [7, 11) is 3.46. The molecule has 0 radical (unpaired) electrons. The van der Waals surface area contributed by atoms with Gasteiger partial charge in [-0.15, -0.1) is 0 Å². The molecule has 0 unspecified atom stereocenters. The van der Waals surface area contributed by atoms with E-state index in [9.17, 15) is 23.1 Å². The van der Waals surface area contributed by atoms with E-state index >= 15 is 0 Å². The summed E-state index contributed by atoms with van der Waals surface area (Å²) in [6, 6.07) is 4.71. The number of hydrogen-bond acceptors (Lipinski definition) is 3. The van der Waals surface area contributed by atoms with Gasteiger partial charge in [0.25, 0.3) is 5.91 Å². The fourth-order valence-electron chi connectivity index (χ4n) is 3.51. The summed E-state index contributed by atoms with van der Waals surface area (Å²) in [6.45, 7) is 10.2. The second kappa shape index (κ2) is 10.3. The van der Waals surface area contributed by atoms with Crippen molar-refractivity contribution >= 4 is 12.0 Å². The maximum absolute atomic E-state index is 13.4. The lowest BCUT2D eigenvalue weighted by atomic mass is 9.92. The Labute approximate surface area is 198 Å². The highest BCUT2D eigenvalue weighted by molar-refractivity contribution is 5.98. The molecule has 0 atom stereocenters. The number of alkyl halides is 3. The van der Waals surface area contributed by atoms with Crippen LogP contribution in [0.15, 0.2) is 35.3 Å². The van der Waals surface area contributed by atoms with E-state index < -0.39 is 23.2 Å². The number of nitrogens with zero attached hydrogens (tertiary/aromatic N) is 3. The average molecular weight is 482 g/mol. The zero-order valence-corrected chi connectivity index (χ0v) is 20.8. The first kappa shape index (κ1) is 27.6. The largest absolute Gasteiger partial charge is 0.416 e. The molecular weight excluding hydrogens is 447 g/mol. The van der Waals surface area contributed by atoms with Gasteiger partial charge in [0.2, 0.25) is 0 Å². The van der Waals surface area contributed by atoms with Crippen molar-refractivity contribution in [1.82, 2.24) is 9.36 Å². The van der Waals surface area contributed by atoms with E-state index in [0.29, 0.717) is 25.1 Å². The SMILES string of the molecule is COCCCn1c(=NC(=O)c2cc(C(F)(F)F)ccc2/C=C/C(C)(C)O)cc(C(C)(C)C)n1C. The minimum atomic E-state index is -4.61. The highest BCUT2D eigenvalue weighted by Crippen LogP contribution is 2.31. The first-order chi connectivity index (χ1) is 15.5. The third kappa shape index (κ3) is 7.17. The fraction of sp³-hybridized carbons (Fsp3) is 0.520. The molecular formula is C25H34F3N3O3. The van der Waals surface area contributed by atoms with E-state index in [-0.39, 0.29) is 16.5 Å². The molecule has 1 amide bonds. The molecule has 0 saturated carbocycles. The number of halogens is 3. The van der Waals surface area contributed by atoms with E-state index in [0.717, 1.165) is 17.8 Å². The Balaban J connectivity index is 2.68. The van der Waals surface area contributed by atoms with E-state index in [1.54, 1.807) is 13.2 Å². The first-order valence-corrected chi connectivity index (χ1v) is 11.0. The van der Waals surface area contributed by atoms with Gasteiger partial charge in [0.1, 0.15) is 0 Å². The van der Waals surface area contributed by atoms with Gasteiger partial charge in [0.05, 0.1) is 11.2 Å². The van der Waals surface area contributed by atoms with Crippen molar-refractivity contribution in [1.29, 1.82) is 0 Å². The van der Waals surface area contributed by atoms with Crippen molar-refractivity contribution in [3.63, 3.8) is 0 Å². The summed E-state index contributed by atoms with van der Waals surface area (Å²) in [4.78, 5) is 17.4. The van der Waals surface area contributed by atoms with Crippen LogP contribution in [-0.4, -0.2) is 39.7 Å². The van der Waals surface area contributed by atoms with Gasteiger partial charge in [-0.2, -0.15) is 18.2 Å². The molecule has 0 bridgehead atoms. The predicted molar refractivity (Wildman–Crippen MR) is 125 cm³/mol. The van der Waals surface area contributed by atoms with Crippen LogP contribution in [0.1, 0.15) is 68.2 Å². The highest BCUT2D eigenvalue weighted by atomic mass is 19.4. The minimum absolute atomic E-state index is 0.195. The molecule has 1 N–H and O–H groups in total. The summed E-state index contributed by atoms with van der Waals surface area (Å²) >= 11 is 0. The van der Waals surface area contributed by atoms with Gasteiger partial charge in [0, 0.05) is 50.0 Å². The lowest BCUT2D eigenvalue weighted by Crippen LogP contribution is -2.26. The van der Waals surface area contributed by atoms with Crippen LogP contribution in [-0.2, 0) is 29.9 Å². The quantitative estimate of drug-likeness (QED) is 0.583. The molecule has 0 fully saturated rings. The Morgan fingerprint density at radius 3 is 2.32 bits per heavy atom. The maximum atomic E-state index is 13.4. The molecule has 9 heteroatoms. The lowest BCUT2D eigenvalue weighted by molar-refractivity contribution is -0.137. The topological polar surface area (TPSA) is 68.8 Å². The third-order valence-electron chi connectivity index (χ3n) is 5.23. The molecule has 0 saturated heterocycles. The Morgan fingerprint density at radius 2 is 1.79 bits per heavy atom. The highest BCUT2D eigenvalue weighted by Gasteiger charge is 2.31. The summed E-state index contributed by atoms with van der Waals surface area (Å²) in [5.74, 6) is -0.798. The second-order valence-corrected chi connectivity index (χ2v) is 9.83. The number of aromatic nitrogens is 2. The van der Waals surface area contributed by atoms with E-state index in [2.05, 4.69) is 4.99 Å². The standard InChI is InChI=1S/C25H34F3N3O3/c1-23(2,3)20-16-21(31(30(20)6)13-8-14-34-7)29-22(32)19-15-18(25(26,27)28)10-9-17(19)11-12-24(4,5)33/h9-12,15-16,33H,8,13-14H2,1-7H3/b12-11+,29-21?. The molecule has 0 aliphatic carbocycles. The van der Waals surface area contributed by atoms with Crippen molar-refractivity contribution < 1.29 is 27.8 Å². The van der Waals surface area contributed by atoms with E-state index in [1.807, 2.05) is 37.2 Å². The Morgan fingerprint density at radius 1 is 1.15 bits per heavy atom. The van der Waals surface area contributed by atoms with Gasteiger partial charge in [-0.25, -0.2) is 0 Å². The van der Waals surface area contributed by atoms with Crippen LogP contribution in [0.4, 0.5) is 13.2 Å². The molecule has 2 rings (SSSR count). The number of aliphatic hydroxyl groups is 1. The molecule has 2 aromatic rings. The van der Waals surface area contributed by atoms with Gasteiger partial charge in [-0.05, 0) is 38.0 Å². The number of benzene rings is 1. The van der Waals surface area contributed by atoms with Crippen molar-refractivity contribution in [2.45, 2.75) is 64.8 Å². The molecule has 1 aromatic heterocycles. The number of carbonyl (C=O) groups excluding carboxylic acids is 1. The molecule has 0 spiro atoms.